The van der Waals surface area contributed by atoms with E-state index in [1.165, 1.54) is 0 Å². The number of hydrogen-bond acceptors (Lipinski definition) is 6. The van der Waals surface area contributed by atoms with Crippen LogP contribution in [0.25, 0.3) is 11.2 Å². The van der Waals surface area contributed by atoms with Crippen LogP contribution in [0.5, 0.6) is 0 Å². The highest BCUT2D eigenvalue weighted by Crippen LogP contribution is 2.22. The third-order valence-electron chi connectivity index (χ3n) is 3.51. The van der Waals surface area contributed by atoms with Crippen LogP contribution in [-0.4, -0.2) is 24.5 Å². The van der Waals surface area contributed by atoms with Gasteiger partial charge in [0.25, 0.3) is 0 Å². The van der Waals surface area contributed by atoms with E-state index < -0.39 is 0 Å². The highest BCUT2D eigenvalue weighted by Gasteiger charge is 2.13. The summed E-state index contributed by atoms with van der Waals surface area (Å²) < 4.78 is 7.20. The first-order valence-electron chi connectivity index (χ1n) is 7.34. The molecule has 0 spiro atoms. The lowest BCUT2D eigenvalue weighted by Gasteiger charge is -2.06. The number of furan rings is 1. The third kappa shape index (κ3) is 2.93. The van der Waals surface area contributed by atoms with Gasteiger partial charge in [0.1, 0.15) is 5.76 Å². The number of imidazole rings is 1. The number of nitrogens with one attached hydrogen (secondary N) is 1. The Morgan fingerprint density at radius 3 is 2.88 bits per heavy atom. The zero-order valence-electron chi connectivity index (χ0n) is 12.6. The molecule has 0 atom stereocenters. The van der Waals surface area contributed by atoms with Crippen molar-refractivity contribution in [3.63, 3.8) is 0 Å². The van der Waals surface area contributed by atoms with Crippen LogP contribution in [0.1, 0.15) is 11.5 Å². The molecule has 0 aliphatic rings. The predicted molar refractivity (Wildman–Crippen MR) is 89.7 cm³/mol. The second-order valence-corrected chi connectivity index (χ2v) is 5.48. The average Bonchev–Trinajstić information content (AvgIpc) is 3.24. The average molecular weight is 341 g/mol. The third-order valence-corrected chi connectivity index (χ3v) is 3.67. The molecule has 4 rings (SSSR count). The molecule has 4 aromatic rings. The molecule has 0 fully saturated rings. The molecule has 0 saturated carbocycles. The maximum Gasteiger partial charge on any atom is 0.226 e. The minimum absolute atomic E-state index is 0.159. The summed E-state index contributed by atoms with van der Waals surface area (Å²) in [4.78, 5) is 17.3. The standard InChI is InChI=1S/C16H13ClN6O/c17-16-21-14(19-8-12-5-3-7-24-12)13-15(22-16)23(10-20-13)9-11-4-1-2-6-18-11/h1-7,10H,8-9H2,(H,19,21,22). The number of anilines is 1. The topological polar surface area (TPSA) is 81.7 Å². The van der Waals surface area contributed by atoms with Gasteiger partial charge >= 0.3 is 0 Å². The summed E-state index contributed by atoms with van der Waals surface area (Å²) in [7, 11) is 0. The number of hydrogen-bond donors (Lipinski definition) is 1. The largest absolute Gasteiger partial charge is 0.467 e. The maximum absolute atomic E-state index is 6.07. The van der Waals surface area contributed by atoms with E-state index in [-0.39, 0.29) is 5.28 Å². The van der Waals surface area contributed by atoms with E-state index in [4.69, 9.17) is 16.0 Å². The van der Waals surface area contributed by atoms with Crippen molar-refractivity contribution < 1.29 is 4.42 Å². The van der Waals surface area contributed by atoms with E-state index in [9.17, 15) is 0 Å². The fourth-order valence-electron chi connectivity index (χ4n) is 2.41. The van der Waals surface area contributed by atoms with E-state index in [0.29, 0.717) is 30.1 Å². The second-order valence-electron chi connectivity index (χ2n) is 5.14. The Hall–Kier alpha value is -2.93. The molecule has 0 unspecified atom stereocenters. The van der Waals surface area contributed by atoms with Gasteiger partial charge in [0.2, 0.25) is 5.28 Å². The lowest BCUT2D eigenvalue weighted by atomic mass is 10.3. The quantitative estimate of drug-likeness (QED) is 0.562. The molecule has 4 heterocycles. The predicted octanol–water partition coefficient (Wildman–Crippen LogP) is 3.13. The number of fused-ring (bicyclic) bond motifs is 1. The first-order chi connectivity index (χ1) is 11.8. The van der Waals surface area contributed by atoms with Crippen molar-refractivity contribution in [3.8, 4) is 0 Å². The van der Waals surface area contributed by atoms with Crippen molar-refractivity contribution in [2.24, 2.45) is 0 Å². The van der Waals surface area contributed by atoms with Gasteiger partial charge in [-0.2, -0.15) is 9.97 Å². The zero-order chi connectivity index (χ0) is 16.4. The normalized spacial score (nSPS) is 11.0. The summed E-state index contributed by atoms with van der Waals surface area (Å²) in [6.45, 7) is 1.05. The molecule has 1 N–H and O–H groups in total. The Labute approximate surface area is 142 Å². The first kappa shape index (κ1) is 14.6. The molecule has 8 heteroatoms. The van der Waals surface area contributed by atoms with Gasteiger partial charge in [-0.15, -0.1) is 0 Å². The van der Waals surface area contributed by atoms with E-state index in [1.54, 1.807) is 18.8 Å². The zero-order valence-corrected chi connectivity index (χ0v) is 13.3. The van der Waals surface area contributed by atoms with Crippen LogP contribution in [0.15, 0.2) is 53.5 Å². The van der Waals surface area contributed by atoms with Crippen molar-refractivity contribution in [3.05, 3.63) is 65.9 Å². The lowest BCUT2D eigenvalue weighted by Crippen LogP contribution is -2.05. The summed E-state index contributed by atoms with van der Waals surface area (Å²) in [5.74, 6) is 1.37. The summed E-state index contributed by atoms with van der Waals surface area (Å²) in [6, 6.07) is 9.49. The number of nitrogens with zero attached hydrogens (tertiary/aromatic N) is 5. The molecule has 0 aliphatic carbocycles. The van der Waals surface area contributed by atoms with E-state index >= 15 is 0 Å². The minimum Gasteiger partial charge on any atom is -0.467 e. The minimum atomic E-state index is 0.159. The molecule has 120 valence electrons. The SMILES string of the molecule is Clc1nc(NCc2ccco2)c2ncn(Cc3ccccn3)c2n1. The molecule has 0 amide bonds. The van der Waals surface area contributed by atoms with Gasteiger partial charge in [-0.1, -0.05) is 6.07 Å². The molecule has 0 aromatic carbocycles. The maximum atomic E-state index is 6.07. The lowest BCUT2D eigenvalue weighted by molar-refractivity contribution is 0.518. The van der Waals surface area contributed by atoms with Gasteiger partial charge in [-0.05, 0) is 35.9 Å². The summed E-state index contributed by atoms with van der Waals surface area (Å²) in [5.41, 5.74) is 2.22. The highest BCUT2D eigenvalue weighted by molar-refractivity contribution is 6.28. The fraction of sp³-hybridized carbons (Fsp3) is 0.125. The Morgan fingerprint density at radius 2 is 2.08 bits per heavy atom. The Morgan fingerprint density at radius 1 is 1.12 bits per heavy atom. The number of halogens is 1. The van der Waals surface area contributed by atoms with Crippen LogP contribution in [0.2, 0.25) is 5.28 Å². The Kier molecular flexibility index (Phi) is 3.84. The van der Waals surface area contributed by atoms with Gasteiger partial charge < -0.3 is 14.3 Å². The molecule has 4 aromatic heterocycles. The fourth-order valence-corrected chi connectivity index (χ4v) is 2.57. The molecule has 0 bridgehead atoms. The second kappa shape index (κ2) is 6.29. The number of rotatable bonds is 5. The van der Waals surface area contributed by atoms with Gasteiger partial charge in [0.05, 0.1) is 31.4 Å². The van der Waals surface area contributed by atoms with Crippen molar-refractivity contribution in [1.29, 1.82) is 0 Å². The van der Waals surface area contributed by atoms with Crippen LogP contribution >= 0.6 is 11.6 Å². The number of aromatic nitrogens is 5. The molecule has 0 radical (unpaired) electrons. The van der Waals surface area contributed by atoms with Crippen LogP contribution < -0.4 is 5.32 Å². The van der Waals surface area contributed by atoms with Gasteiger partial charge in [0, 0.05) is 6.20 Å². The summed E-state index contributed by atoms with van der Waals surface area (Å²) >= 11 is 6.07. The van der Waals surface area contributed by atoms with Crippen LogP contribution in [0.4, 0.5) is 5.82 Å². The summed E-state index contributed by atoms with van der Waals surface area (Å²) in [6.07, 6.45) is 5.09. The van der Waals surface area contributed by atoms with E-state index in [0.717, 1.165) is 11.5 Å². The summed E-state index contributed by atoms with van der Waals surface area (Å²) in [5, 5.41) is 3.35. The Balaban J connectivity index is 1.66. The van der Waals surface area contributed by atoms with E-state index in [2.05, 4.69) is 25.3 Å². The van der Waals surface area contributed by atoms with Crippen molar-refractivity contribution >= 4 is 28.6 Å². The Bertz CT molecular complexity index is 952. The van der Waals surface area contributed by atoms with Crippen LogP contribution in [0, 0.1) is 0 Å². The molecule has 0 saturated heterocycles. The highest BCUT2D eigenvalue weighted by atomic mass is 35.5. The molecular weight excluding hydrogens is 328 g/mol. The van der Waals surface area contributed by atoms with E-state index in [1.807, 2.05) is 34.9 Å². The molecular formula is C16H13ClN6O. The molecule has 0 aliphatic heterocycles. The van der Waals surface area contributed by atoms with Crippen molar-refractivity contribution in [1.82, 2.24) is 24.5 Å². The smallest absolute Gasteiger partial charge is 0.226 e. The van der Waals surface area contributed by atoms with Crippen LogP contribution in [0.3, 0.4) is 0 Å². The van der Waals surface area contributed by atoms with Crippen molar-refractivity contribution in [2.75, 3.05) is 5.32 Å². The van der Waals surface area contributed by atoms with Gasteiger partial charge in [-0.25, -0.2) is 4.98 Å². The van der Waals surface area contributed by atoms with Gasteiger partial charge in [-0.3, -0.25) is 4.98 Å². The molecule has 24 heavy (non-hydrogen) atoms. The molecule has 7 nitrogen and oxygen atoms in total. The van der Waals surface area contributed by atoms with Crippen LogP contribution in [-0.2, 0) is 13.1 Å². The van der Waals surface area contributed by atoms with Crippen molar-refractivity contribution in [2.45, 2.75) is 13.1 Å². The number of pyridine rings is 1. The van der Waals surface area contributed by atoms with Gasteiger partial charge in [0.15, 0.2) is 17.0 Å². The monoisotopic (exact) mass is 340 g/mol. The first-order valence-corrected chi connectivity index (χ1v) is 7.72.